The van der Waals surface area contributed by atoms with E-state index in [1.165, 1.54) is 6.42 Å². The van der Waals surface area contributed by atoms with Crippen LogP contribution >= 0.6 is 0 Å². The lowest BCUT2D eigenvalue weighted by molar-refractivity contribution is -0.134. The predicted molar refractivity (Wildman–Crippen MR) is 100 cm³/mol. The normalized spacial score (nSPS) is 14.5. The molecule has 1 heterocycles. The van der Waals surface area contributed by atoms with E-state index >= 15 is 0 Å². The van der Waals surface area contributed by atoms with Gasteiger partial charge in [0.1, 0.15) is 0 Å². The molecular weight excluding hydrogens is 352 g/mol. The topological polar surface area (TPSA) is 131 Å². The minimum absolute atomic E-state index is 0.117. The first kappa shape index (κ1) is 20.0. The molecule has 1 aromatic carbocycles. The fourth-order valence-corrected chi connectivity index (χ4v) is 3.22. The highest BCUT2D eigenvalue weighted by Crippen LogP contribution is 2.32. The van der Waals surface area contributed by atoms with Crippen molar-refractivity contribution >= 4 is 34.6 Å². The number of nitrogens with zero attached hydrogens (tertiary/aromatic N) is 1. The number of carboxylic acids is 2. The molecule has 0 saturated heterocycles. The molecule has 8 nitrogen and oxygen atoms in total. The summed E-state index contributed by atoms with van der Waals surface area (Å²) in [6.07, 6.45) is 7.52. The van der Waals surface area contributed by atoms with Crippen molar-refractivity contribution in [1.29, 1.82) is 0 Å². The van der Waals surface area contributed by atoms with Gasteiger partial charge in [0.15, 0.2) is 0 Å². The number of hydrogen-bond donors (Lipinski definition) is 4. The van der Waals surface area contributed by atoms with Crippen molar-refractivity contribution in [2.45, 2.75) is 38.1 Å². The molecule has 0 unspecified atom stereocenters. The molecule has 1 amide bonds. The Bertz CT molecular complexity index is 820. The third-order valence-electron chi connectivity index (χ3n) is 4.35. The second-order valence-corrected chi connectivity index (χ2v) is 6.17. The summed E-state index contributed by atoms with van der Waals surface area (Å²) in [7, 11) is 0. The fraction of sp³-hybridized carbons (Fsp3) is 0.316. The number of H-pyrrole nitrogens is 1. The molecule has 4 N–H and O–H groups in total. The van der Waals surface area contributed by atoms with E-state index in [0.29, 0.717) is 12.2 Å². The van der Waals surface area contributed by atoms with Gasteiger partial charge < -0.3 is 20.3 Å². The molecule has 8 heteroatoms. The van der Waals surface area contributed by atoms with Crippen LogP contribution in [0.15, 0.2) is 42.6 Å². The summed E-state index contributed by atoms with van der Waals surface area (Å²) < 4.78 is 0. The van der Waals surface area contributed by atoms with E-state index in [-0.39, 0.29) is 6.04 Å². The molecule has 1 saturated carbocycles. The summed E-state index contributed by atoms with van der Waals surface area (Å²) in [6, 6.07) is 7.85. The number of aromatic nitrogens is 1. The molecule has 1 aromatic heterocycles. The molecule has 27 heavy (non-hydrogen) atoms. The molecule has 144 valence electrons. The van der Waals surface area contributed by atoms with Crippen molar-refractivity contribution in [3.63, 3.8) is 0 Å². The minimum Gasteiger partial charge on any atom is -0.478 e. The van der Waals surface area contributed by atoms with Gasteiger partial charge in [-0.3, -0.25) is 4.90 Å². The highest BCUT2D eigenvalue weighted by molar-refractivity contribution is 6.00. The first-order valence-corrected chi connectivity index (χ1v) is 8.62. The summed E-state index contributed by atoms with van der Waals surface area (Å²) in [5, 5.41) is 26.2. The molecule has 2 aromatic rings. The quantitative estimate of drug-likeness (QED) is 0.604. The van der Waals surface area contributed by atoms with Crippen LogP contribution in [-0.2, 0) is 9.59 Å². The minimum atomic E-state index is -1.26. The Morgan fingerprint density at radius 1 is 0.963 bits per heavy atom. The number of amides is 1. The number of carbonyl (C=O) groups is 3. The van der Waals surface area contributed by atoms with Gasteiger partial charge in [-0.15, -0.1) is 0 Å². The van der Waals surface area contributed by atoms with Gasteiger partial charge in [0.2, 0.25) is 0 Å². The maximum absolute atomic E-state index is 11.7. The lowest BCUT2D eigenvalue weighted by atomic mass is 9.94. The van der Waals surface area contributed by atoms with Crippen molar-refractivity contribution in [3.8, 4) is 0 Å². The second-order valence-electron chi connectivity index (χ2n) is 6.17. The van der Waals surface area contributed by atoms with E-state index in [1.54, 1.807) is 4.90 Å². The SMILES string of the molecule is O=C(O)/C=C/C(=O)O.O=C(O)N(c1cccc2[nH]ccc12)C1CCCCC1. The van der Waals surface area contributed by atoms with Crippen LogP contribution in [0.1, 0.15) is 32.1 Å². The van der Waals surface area contributed by atoms with E-state index in [2.05, 4.69) is 4.98 Å². The molecule has 0 aliphatic heterocycles. The van der Waals surface area contributed by atoms with E-state index < -0.39 is 18.0 Å². The molecule has 0 radical (unpaired) electrons. The van der Waals surface area contributed by atoms with Gasteiger partial charge in [-0.2, -0.15) is 0 Å². The number of rotatable bonds is 4. The molecule has 0 spiro atoms. The number of hydrogen-bond acceptors (Lipinski definition) is 3. The number of carboxylic acid groups (broad SMARTS) is 3. The zero-order chi connectivity index (χ0) is 19.8. The van der Waals surface area contributed by atoms with E-state index in [9.17, 15) is 19.5 Å². The lowest BCUT2D eigenvalue weighted by Crippen LogP contribution is -2.40. The summed E-state index contributed by atoms with van der Waals surface area (Å²) in [5.41, 5.74) is 1.79. The number of fused-ring (bicyclic) bond motifs is 1. The molecule has 1 fully saturated rings. The van der Waals surface area contributed by atoms with Crippen LogP contribution in [0.5, 0.6) is 0 Å². The second kappa shape index (κ2) is 9.42. The van der Waals surface area contributed by atoms with Crippen LogP contribution in [0.4, 0.5) is 10.5 Å². The first-order valence-electron chi connectivity index (χ1n) is 8.62. The van der Waals surface area contributed by atoms with Crippen LogP contribution in [0, 0.1) is 0 Å². The lowest BCUT2D eigenvalue weighted by Gasteiger charge is -2.32. The zero-order valence-electron chi connectivity index (χ0n) is 14.7. The number of anilines is 1. The summed E-state index contributed by atoms with van der Waals surface area (Å²) >= 11 is 0. The summed E-state index contributed by atoms with van der Waals surface area (Å²) in [4.78, 5) is 35.5. The Hall–Kier alpha value is -3.29. The Labute approximate surface area is 155 Å². The molecule has 1 aliphatic rings. The summed E-state index contributed by atoms with van der Waals surface area (Å²) in [6.45, 7) is 0. The van der Waals surface area contributed by atoms with Crippen molar-refractivity contribution < 1.29 is 29.7 Å². The van der Waals surface area contributed by atoms with Crippen LogP contribution in [0.3, 0.4) is 0 Å². The van der Waals surface area contributed by atoms with E-state index in [0.717, 1.165) is 42.3 Å². The number of benzene rings is 1. The highest BCUT2D eigenvalue weighted by atomic mass is 16.4. The van der Waals surface area contributed by atoms with Gasteiger partial charge in [0.05, 0.1) is 5.69 Å². The summed E-state index contributed by atoms with van der Waals surface area (Å²) in [5.74, 6) is -2.51. The van der Waals surface area contributed by atoms with E-state index in [1.807, 2.05) is 30.5 Å². The maximum Gasteiger partial charge on any atom is 0.412 e. The largest absolute Gasteiger partial charge is 0.478 e. The van der Waals surface area contributed by atoms with Crippen LogP contribution in [0.2, 0.25) is 0 Å². The number of nitrogens with one attached hydrogen (secondary N) is 1. The van der Waals surface area contributed by atoms with Crippen LogP contribution < -0.4 is 4.90 Å². The van der Waals surface area contributed by atoms with Gasteiger partial charge in [-0.25, -0.2) is 14.4 Å². The van der Waals surface area contributed by atoms with Crippen molar-refractivity contribution in [2.75, 3.05) is 4.90 Å². The molecule has 0 bridgehead atoms. The van der Waals surface area contributed by atoms with Gasteiger partial charge in [-0.05, 0) is 31.0 Å². The van der Waals surface area contributed by atoms with Crippen molar-refractivity contribution in [3.05, 3.63) is 42.6 Å². The first-order chi connectivity index (χ1) is 12.9. The van der Waals surface area contributed by atoms with Crippen LogP contribution in [-0.4, -0.2) is 44.4 Å². The van der Waals surface area contributed by atoms with Gasteiger partial charge >= 0.3 is 18.0 Å². The zero-order valence-corrected chi connectivity index (χ0v) is 14.7. The monoisotopic (exact) mass is 374 g/mol. The smallest absolute Gasteiger partial charge is 0.412 e. The third-order valence-corrected chi connectivity index (χ3v) is 4.35. The third kappa shape index (κ3) is 5.60. The van der Waals surface area contributed by atoms with Gasteiger partial charge in [-0.1, -0.05) is 25.3 Å². The fourth-order valence-electron chi connectivity index (χ4n) is 3.22. The standard InChI is InChI=1S/C15H18N2O2.C4H4O4/c18-15(19)17(11-5-2-1-3-6-11)14-8-4-7-13-12(14)9-10-16-13;5-3(6)1-2-4(7)8/h4,7-11,16H,1-3,5-6H2,(H,18,19);1-2H,(H,5,6)(H,7,8)/b;2-1+. The van der Waals surface area contributed by atoms with Gasteiger partial charge in [0, 0.05) is 35.3 Å². The Kier molecular flexibility index (Phi) is 6.99. The average molecular weight is 374 g/mol. The molecule has 0 atom stereocenters. The van der Waals surface area contributed by atoms with Crippen molar-refractivity contribution in [2.24, 2.45) is 0 Å². The molecular formula is C19H22N2O6. The number of aliphatic carboxylic acids is 2. The Balaban J connectivity index is 0.000000279. The maximum atomic E-state index is 11.7. The highest BCUT2D eigenvalue weighted by Gasteiger charge is 2.27. The van der Waals surface area contributed by atoms with Crippen LogP contribution in [0.25, 0.3) is 10.9 Å². The number of aromatic amines is 1. The molecule has 3 rings (SSSR count). The van der Waals surface area contributed by atoms with Gasteiger partial charge in [0.25, 0.3) is 0 Å². The average Bonchev–Trinajstić information content (AvgIpc) is 3.11. The Morgan fingerprint density at radius 2 is 1.59 bits per heavy atom. The molecule has 1 aliphatic carbocycles. The van der Waals surface area contributed by atoms with E-state index in [4.69, 9.17) is 10.2 Å². The Morgan fingerprint density at radius 3 is 2.15 bits per heavy atom. The predicted octanol–water partition coefficient (Wildman–Crippen LogP) is 3.70. The van der Waals surface area contributed by atoms with Crippen molar-refractivity contribution in [1.82, 2.24) is 4.98 Å².